The number of para-hydroxylation sites is 6. The number of anilines is 1. The van der Waals surface area contributed by atoms with Crippen LogP contribution in [0.15, 0.2) is 181 Å². The van der Waals surface area contributed by atoms with Gasteiger partial charge in [-0.15, -0.1) is 0 Å². The zero-order valence-electron chi connectivity index (χ0n) is 32.6. The van der Waals surface area contributed by atoms with E-state index < -0.39 is 11.8 Å². The number of amides is 2. The van der Waals surface area contributed by atoms with Gasteiger partial charge in [0, 0.05) is 49.4 Å². The van der Waals surface area contributed by atoms with Crippen LogP contribution in [0.5, 0.6) is 0 Å². The molecule has 0 fully saturated rings. The monoisotopic (exact) mass is 799 g/mol. The van der Waals surface area contributed by atoms with E-state index in [2.05, 4.69) is 9.13 Å². The van der Waals surface area contributed by atoms with Crippen molar-refractivity contribution in [1.29, 1.82) is 0 Å². The number of hydrogen-bond acceptors (Lipinski definition) is 6. The lowest BCUT2D eigenvalue weighted by Crippen LogP contribution is -2.40. The highest BCUT2D eigenvalue weighted by molar-refractivity contribution is 6.39. The molecule has 62 heavy (non-hydrogen) atoms. The summed E-state index contributed by atoms with van der Waals surface area (Å²) < 4.78 is 5.76. The lowest BCUT2D eigenvalue weighted by Gasteiger charge is -2.28. The van der Waals surface area contributed by atoms with Crippen LogP contribution in [0, 0.1) is 0 Å². The molecular formula is C52H29N7O3. The highest BCUT2D eigenvalue weighted by atomic mass is 16.2. The van der Waals surface area contributed by atoms with Gasteiger partial charge in [0.25, 0.3) is 17.4 Å². The molecule has 13 rings (SSSR count). The van der Waals surface area contributed by atoms with Crippen molar-refractivity contribution in [2.45, 2.75) is 0 Å². The number of carbonyl (C=O) groups excluding carboxylic acids is 2. The molecule has 0 saturated heterocycles. The van der Waals surface area contributed by atoms with E-state index in [9.17, 15) is 9.59 Å². The summed E-state index contributed by atoms with van der Waals surface area (Å²) in [6.45, 7) is 0. The van der Waals surface area contributed by atoms with Crippen molar-refractivity contribution >= 4 is 77.5 Å². The van der Waals surface area contributed by atoms with Crippen LogP contribution in [0.2, 0.25) is 0 Å². The van der Waals surface area contributed by atoms with E-state index in [4.69, 9.17) is 15.0 Å². The van der Waals surface area contributed by atoms with Crippen LogP contribution < -0.4 is 10.5 Å². The van der Waals surface area contributed by atoms with Crippen molar-refractivity contribution in [2.24, 2.45) is 0 Å². The summed E-state index contributed by atoms with van der Waals surface area (Å²) in [4.78, 5) is 62.0. The van der Waals surface area contributed by atoms with Gasteiger partial charge < -0.3 is 0 Å². The minimum absolute atomic E-state index is 0.332. The molecule has 12 aromatic rings. The molecule has 0 atom stereocenters. The Balaban J connectivity index is 1.16. The molecule has 0 spiro atoms. The van der Waals surface area contributed by atoms with Gasteiger partial charge in [0.1, 0.15) is 17.0 Å². The predicted octanol–water partition coefficient (Wildman–Crippen LogP) is 10.4. The first-order valence-electron chi connectivity index (χ1n) is 20.3. The van der Waals surface area contributed by atoms with Crippen molar-refractivity contribution in [2.75, 3.05) is 4.90 Å². The quantitative estimate of drug-likeness (QED) is 0.160. The van der Waals surface area contributed by atoms with Gasteiger partial charge in [-0.3, -0.25) is 27.9 Å². The van der Waals surface area contributed by atoms with E-state index in [-0.39, 0.29) is 5.56 Å². The van der Waals surface area contributed by atoms with E-state index in [1.807, 2.05) is 152 Å². The second-order valence-electron chi connectivity index (χ2n) is 15.5. The second kappa shape index (κ2) is 12.6. The zero-order chi connectivity index (χ0) is 41.2. The van der Waals surface area contributed by atoms with Crippen LogP contribution in [-0.4, -0.2) is 40.3 Å². The average Bonchev–Trinajstić information content (AvgIpc) is 4.03. The SMILES string of the molecule is O=C1c2ccc3c(=O)n4c(-c5nc6ccccc6n5-c5ccccc5)c(-c5nc6ccccc6n5-c5ccccc5)nc4c4ccc(c2c34)C(=O)N1c1cccc2ccccc12. The van der Waals surface area contributed by atoms with Gasteiger partial charge in [-0.2, -0.15) is 0 Å². The molecule has 2 amide bonds. The number of imidazole rings is 3. The number of aromatic nitrogens is 6. The van der Waals surface area contributed by atoms with Crippen LogP contribution in [0.1, 0.15) is 20.7 Å². The highest BCUT2D eigenvalue weighted by Gasteiger charge is 2.37. The first kappa shape index (κ1) is 34.1. The molecule has 0 bridgehead atoms. The maximum absolute atomic E-state index is 15.5. The number of imide groups is 1. The van der Waals surface area contributed by atoms with Gasteiger partial charge in [-0.05, 0) is 84.2 Å². The first-order valence-corrected chi connectivity index (χ1v) is 20.3. The fraction of sp³-hybridized carbons (Fsp3) is 0. The molecule has 8 aromatic carbocycles. The number of fused-ring (bicyclic) bond motifs is 5. The Hall–Kier alpha value is -8.76. The average molecular weight is 800 g/mol. The molecule has 0 unspecified atom stereocenters. The Labute approximate surface area is 351 Å². The van der Waals surface area contributed by atoms with Crippen LogP contribution >= 0.6 is 0 Å². The fourth-order valence-electron chi connectivity index (χ4n) is 9.50. The number of nitrogens with zero attached hydrogens (tertiary/aromatic N) is 7. The lowest BCUT2D eigenvalue weighted by atomic mass is 9.89. The van der Waals surface area contributed by atoms with E-state index in [0.29, 0.717) is 67.0 Å². The highest BCUT2D eigenvalue weighted by Crippen LogP contribution is 2.43. The third-order valence-corrected chi connectivity index (χ3v) is 12.2. The minimum atomic E-state index is -0.460. The van der Waals surface area contributed by atoms with Gasteiger partial charge >= 0.3 is 0 Å². The Morgan fingerprint density at radius 2 is 0.968 bits per heavy atom. The maximum atomic E-state index is 15.5. The molecule has 0 radical (unpaired) electrons. The third-order valence-electron chi connectivity index (χ3n) is 12.2. The van der Waals surface area contributed by atoms with E-state index in [0.717, 1.165) is 44.2 Å². The number of rotatable bonds is 5. The van der Waals surface area contributed by atoms with E-state index >= 15 is 4.79 Å². The first-order chi connectivity index (χ1) is 30.5. The largest absolute Gasteiger partial charge is 0.291 e. The van der Waals surface area contributed by atoms with E-state index in [1.165, 1.54) is 4.90 Å². The molecule has 4 aromatic heterocycles. The Morgan fingerprint density at radius 3 is 1.65 bits per heavy atom. The molecular weight excluding hydrogens is 771 g/mol. The Morgan fingerprint density at radius 1 is 0.419 bits per heavy atom. The van der Waals surface area contributed by atoms with Crippen LogP contribution in [-0.2, 0) is 0 Å². The summed E-state index contributed by atoms with van der Waals surface area (Å²) in [7, 11) is 0. The summed E-state index contributed by atoms with van der Waals surface area (Å²) in [5, 5.41) is 3.59. The van der Waals surface area contributed by atoms with Gasteiger partial charge in [0.05, 0.1) is 27.8 Å². The molecule has 10 heteroatoms. The standard InChI is InChI=1S/C52H29N7O3/c60-50-36-27-26-34-43-35(28-29-37(44(36)43)51(61)58(50)40-25-13-15-30-14-7-8-20-33(30)40)52(62)59-46(49-54-39-22-10-12-24-42(39)57(49)32-18-5-2-6-19-32)45(55-47(34)59)48-53-38-21-9-11-23-41(38)56(48)31-16-3-1-4-17-31/h1-29H. The third kappa shape index (κ3) is 4.57. The van der Waals surface area contributed by atoms with Gasteiger partial charge in [-0.25, -0.2) is 19.9 Å². The maximum Gasteiger partial charge on any atom is 0.266 e. The molecule has 1 aliphatic rings. The molecule has 10 nitrogen and oxygen atoms in total. The van der Waals surface area contributed by atoms with Crippen molar-refractivity contribution in [1.82, 2.24) is 28.5 Å². The van der Waals surface area contributed by atoms with Crippen molar-refractivity contribution in [3.8, 4) is 34.4 Å². The summed E-state index contributed by atoms with van der Waals surface area (Å²) in [6.07, 6.45) is 0. The van der Waals surface area contributed by atoms with Gasteiger partial charge in [0.15, 0.2) is 11.6 Å². The van der Waals surface area contributed by atoms with Crippen LogP contribution in [0.25, 0.3) is 94.4 Å². The predicted molar refractivity (Wildman–Crippen MR) is 243 cm³/mol. The van der Waals surface area contributed by atoms with Crippen LogP contribution in [0.4, 0.5) is 5.69 Å². The molecule has 0 saturated carbocycles. The molecule has 5 heterocycles. The van der Waals surface area contributed by atoms with Gasteiger partial charge in [0.2, 0.25) is 0 Å². The zero-order valence-corrected chi connectivity index (χ0v) is 32.6. The Bertz CT molecular complexity index is 3920. The number of benzene rings is 8. The smallest absolute Gasteiger partial charge is 0.266 e. The number of hydrogen-bond donors (Lipinski definition) is 0. The topological polar surface area (TPSA) is 107 Å². The lowest BCUT2D eigenvalue weighted by molar-refractivity contribution is 0.0894. The normalized spacial score (nSPS) is 12.9. The van der Waals surface area contributed by atoms with Crippen LogP contribution in [0.3, 0.4) is 0 Å². The summed E-state index contributed by atoms with van der Waals surface area (Å²) in [5.41, 5.74) is 6.95. The second-order valence-corrected chi connectivity index (χ2v) is 15.5. The number of carbonyl (C=O) groups is 2. The molecule has 0 N–H and O–H groups in total. The number of pyridine rings is 1. The summed E-state index contributed by atoms with van der Waals surface area (Å²) in [5.74, 6) is 0.0942. The van der Waals surface area contributed by atoms with Crippen molar-refractivity contribution in [3.05, 3.63) is 197 Å². The fourth-order valence-corrected chi connectivity index (χ4v) is 9.50. The van der Waals surface area contributed by atoms with Crippen molar-refractivity contribution < 1.29 is 9.59 Å². The summed E-state index contributed by atoms with van der Waals surface area (Å²) in [6, 6.07) is 56.0. The van der Waals surface area contributed by atoms with E-state index in [1.54, 1.807) is 28.7 Å². The molecule has 290 valence electrons. The molecule has 0 aliphatic carbocycles. The minimum Gasteiger partial charge on any atom is -0.291 e. The van der Waals surface area contributed by atoms with Gasteiger partial charge in [-0.1, -0.05) is 97.1 Å². The summed E-state index contributed by atoms with van der Waals surface area (Å²) >= 11 is 0. The van der Waals surface area contributed by atoms with Crippen molar-refractivity contribution in [3.63, 3.8) is 0 Å². The Kier molecular flexibility index (Phi) is 6.95. The molecule has 1 aliphatic heterocycles.